The number of hydrogen-bond donors (Lipinski definition) is 1. The molecule has 0 spiro atoms. The molecule has 30 heavy (non-hydrogen) atoms. The van der Waals surface area contributed by atoms with Gasteiger partial charge in [-0.15, -0.1) is 0 Å². The van der Waals surface area contributed by atoms with Gasteiger partial charge in [0, 0.05) is 17.0 Å². The highest BCUT2D eigenvalue weighted by Crippen LogP contribution is 2.26. The molecule has 0 bridgehead atoms. The Morgan fingerprint density at radius 3 is 2.63 bits per heavy atom. The van der Waals surface area contributed by atoms with Gasteiger partial charge in [0.05, 0.1) is 22.7 Å². The second-order valence-corrected chi connectivity index (χ2v) is 7.97. The molecule has 0 radical (unpaired) electrons. The third kappa shape index (κ3) is 3.53. The molecule has 0 saturated carbocycles. The number of anilines is 1. The molecule has 148 valence electrons. The van der Waals surface area contributed by atoms with Crippen molar-refractivity contribution in [3.05, 3.63) is 83.7 Å². The minimum Gasteiger partial charge on any atom is -0.497 e. The van der Waals surface area contributed by atoms with E-state index in [1.165, 1.54) is 0 Å². The Balaban J connectivity index is 1.62. The number of fused-ring (bicyclic) bond motifs is 2. The summed E-state index contributed by atoms with van der Waals surface area (Å²) < 4.78 is 12.6. The summed E-state index contributed by atoms with van der Waals surface area (Å²) in [6.07, 6.45) is 0. The van der Waals surface area contributed by atoms with Crippen LogP contribution in [0.4, 0.5) is 5.13 Å². The molecule has 5 nitrogen and oxygen atoms in total. The third-order valence-corrected chi connectivity index (χ3v) is 5.78. The van der Waals surface area contributed by atoms with Crippen molar-refractivity contribution in [3.63, 3.8) is 0 Å². The van der Waals surface area contributed by atoms with E-state index in [4.69, 9.17) is 9.15 Å². The lowest BCUT2D eigenvalue weighted by molar-refractivity contribution is 0.415. The standard InChI is InChI=1S/C24H19N3O2S/c1-15-7-12-21-18(13-15)20(14-22(29-21)16-8-10-17(28-2)11-9-16)26-27-24-25-19-5-3-4-6-23(19)30-24/h3-14H,1-2H3,(H,25,27)/b26-20+. The maximum Gasteiger partial charge on any atom is 0.204 e. The summed E-state index contributed by atoms with van der Waals surface area (Å²) in [7, 11) is 1.66. The molecular weight excluding hydrogens is 394 g/mol. The van der Waals surface area contributed by atoms with E-state index in [0.717, 1.165) is 54.3 Å². The van der Waals surface area contributed by atoms with Gasteiger partial charge in [-0.1, -0.05) is 35.1 Å². The lowest BCUT2D eigenvalue weighted by Crippen LogP contribution is -2.07. The van der Waals surface area contributed by atoms with E-state index in [2.05, 4.69) is 34.6 Å². The fourth-order valence-corrected chi connectivity index (χ4v) is 4.11. The van der Waals surface area contributed by atoms with Gasteiger partial charge < -0.3 is 9.15 Å². The fraction of sp³-hybridized carbons (Fsp3) is 0.0833. The Morgan fingerprint density at radius 1 is 1.00 bits per heavy atom. The maximum absolute atomic E-state index is 6.18. The van der Waals surface area contributed by atoms with Crippen LogP contribution in [-0.4, -0.2) is 12.1 Å². The molecule has 1 N–H and O–H groups in total. The van der Waals surface area contributed by atoms with Gasteiger partial charge in [-0.3, -0.25) is 5.43 Å². The topological polar surface area (TPSA) is 59.6 Å². The van der Waals surface area contributed by atoms with Crippen molar-refractivity contribution in [3.8, 4) is 17.1 Å². The number of methoxy groups -OCH3 is 1. The second-order valence-electron chi connectivity index (χ2n) is 6.93. The molecule has 2 aromatic heterocycles. The first kappa shape index (κ1) is 18.4. The summed E-state index contributed by atoms with van der Waals surface area (Å²) in [6, 6.07) is 23.9. The Morgan fingerprint density at radius 2 is 1.83 bits per heavy atom. The number of nitrogens with one attached hydrogen (secondary N) is 1. The number of aromatic nitrogens is 1. The molecule has 0 atom stereocenters. The van der Waals surface area contributed by atoms with E-state index in [1.54, 1.807) is 18.4 Å². The van der Waals surface area contributed by atoms with Crippen LogP contribution in [0.3, 0.4) is 0 Å². The van der Waals surface area contributed by atoms with Crippen molar-refractivity contribution in [1.82, 2.24) is 4.98 Å². The summed E-state index contributed by atoms with van der Waals surface area (Å²) >= 11 is 1.58. The first-order valence-electron chi connectivity index (χ1n) is 9.54. The minimum atomic E-state index is 0.735. The largest absolute Gasteiger partial charge is 0.497 e. The SMILES string of the molecule is COc1ccc(-c2c/c(=N\Nc3nc4ccccc4s3)c3cc(C)ccc3o2)cc1. The van der Waals surface area contributed by atoms with Gasteiger partial charge in [0.25, 0.3) is 0 Å². The highest BCUT2D eigenvalue weighted by atomic mass is 32.1. The third-order valence-electron chi connectivity index (χ3n) is 4.84. The van der Waals surface area contributed by atoms with Crippen LogP contribution in [0.1, 0.15) is 5.56 Å². The Labute approximate surface area is 177 Å². The van der Waals surface area contributed by atoms with Crippen LogP contribution in [0.5, 0.6) is 5.75 Å². The molecule has 2 heterocycles. The number of para-hydroxylation sites is 1. The van der Waals surface area contributed by atoms with Gasteiger partial charge in [-0.05, 0) is 55.5 Å². The average molecular weight is 414 g/mol. The van der Waals surface area contributed by atoms with E-state index in [1.807, 2.05) is 60.7 Å². The van der Waals surface area contributed by atoms with Crippen LogP contribution >= 0.6 is 11.3 Å². The second kappa shape index (κ2) is 7.65. The van der Waals surface area contributed by atoms with Crippen LogP contribution in [0.15, 0.2) is 82.3 Å². The number of thiazole rings is 1. The molecule has 5 aromatic rings. The van der Waals surface area contributed by atoms with Gasteiger partial charge in [0.1, 0.15) is 17.1 Å². The van der Waals surface area contributed by atoms with Crippen LogP contribution in [-0.2, 0) is 0 Å². The Kier molecular flexibility index (Phi) is 4.69. The van der Waals surface area contributed by atoms with Crippen LogP contribution in [0, 0.1) is 6.92 Å². The summed E-state index contributed by atoms with van der Waals surface area (Å²) in [5.74, 6) is 1.54. The summed E-state index contributed by atoms with van der Waals surface area (Å²) in [5, 5.41) is 7.17. The van der Waals surface area contributed by atoms with Gasteiger partial charge in [0.2, 0.25) is 5.13 Å². The van der Waals surface area contributed by atoms with Gasteiger partial charge >= 0.3 is 0 Å². The number of benzene rings is 3. The van der Waals surface area contributed by atoms with Crippen LogP contribution in [0.2, 0.25) is 0 Å². The molecule has 0 fully saturated rings. The fourth-order valence-electron chi connectivity index (χ4n) is 3.30. The highest BCUT2D eigenvalue weighted by molar-refractivity contribution is 7.22. The first-order valence-corrected chi connectivity index (χ1v) is 10.4. The van der Waals surface area contributed by atoms with E-state index in [9.17, 15) is 0 Å². The first-order chi connectivity index (χ1) is 14.7. The van der Waals surface area contributed by atoms with Crippen molar-refractivity contribution in [1.29, 1.82) is 0 Å². The molecule has 6 heteroatoms. The number of aryl methyl sites for hydroxylation is 1. The van der Waals surface area contributed by atoms with Crippen molar-refractivity contribution >= 4 is 37.7 Å². The number of nitrogens with zero attached hydrogens (tertiary/aromatic N) is 2. The molecule has 5 rings (SSSR count). The average Bonchev–Trinajstić information content (AvgIpc) is 3.20. The molecule has 0 aliphatic rings. The molecule has 3 aromatic carbocycles. The highest BCUT2D eigenvalue weighted by Gasteiger charge is 2.08. The smallest absolute Gasteiger partial charge is 0.204 e. The maximum atomic E-state index is 6.18. The zero-order valence-electron chi connectivity index (χ0n) is 16.5. The van der Waals surface area contributed by atoms with E-state index >= 15 is 0 Å². The predicted octanol–water partition coefficient (Wildman–Crippen LogP) is 5.95. The van der Waals surface area contributed by atoms with Gasteiger partial charge in [-0.2, -0.15) is 5.10 Å². The zero-order valence-corrected chi connectivity index (χ0v) is 17.4. The van der Waals surface area contributed by atoms with E-state index in [-0.39, 0.29) is 0 Å². The number of hydrogen-bond acceptors (Lipinski definition) is 6. The van der Waals surface area contributed by atoms with Crippen LogP contribution < -0.4 is 15.5 Å². The zero-order chi connectivity index (χ0) is 20.5. The van der Waals surface area contributed by atoms with Crippen molar-refractivity contribution in [2.24, 2.45) is 5.10 Å². The monoisotopic (exact) mass is 413 g/mol. The molecule has 0 saturated heterocycles. The number of ether oxygens (including phenoxy) is 1. The Bertz CT molecular complexity index is 1390. The van der Waals surface area contributed by atoms with Gasteiger partial charge in [0.15, 0.2) is 0 Å². The molecule has 0 aliphatic carbocycles. The van der Waals surface area contributed by atoms with Crippen molar-refractivity contribution in [2.75, 3.05) is 12.5 Å². The lowest BCUT2D eigenvalue weighted by atomic mass is 10.1. The molecule has 0 amide bonds. The normalized spacial score (nSPS) is 11.9. The summed E-state index contributed by atoms with van der Waals surface area (Å²) in [6.45, 7) is 2.06. The summed E-state index contributed by atoms with van der Waals surface area (Å²) in [4.78, 5) is 4.60. The minimum absolute atomic E-state index is 0.735. The molecule has 0 aliphatic heterocycles. The Hall–Kier alpha value is -3.64. The van der Waals surface area contributed by atoms with Crippen LogP contribution in [0.25, 0.3) is 32.5 Å². The number of rotatable bonds is 4. The quantitative estimate of drug-likeness (QED) is 0.370. The van der Waals surface area contributed by atoms with E-state index in [0.29, 0.717) is 0 Å². The predicted molar refractivity (Wildman–Crippen MR) is 122 cm³/mol. The summed E-state index contributed by atoms with van der Waals surface area (Å²) in [5.41, 5.74) is 6.97. The van der Waals surface area contributed by atoms with Crippen molar-refractivity contribution < 1.29 is 9.15 Å². The van der Waals surface area contributed by atoms with Crippen molar-refractivity contribution in [2.45, 2.75) is 6.92 Å². The lowest BCUT2D eigenvalue weighted by Gasteiger charge is -2.07. The molecular formula is C24H19N3O2S. The molecule has 0 unspecified atom stereocenters. The van der Waals surface area contributed by atoms with Gasteiger partial charge in [-0.25, -0.2) is 4.98 Å². The van der Waals surface area contributed by atoms with E-state index < -0.39 is 0 Å².